The lowest BCUT2D eigenvalue weighted by Gasteiger charge is -2.09. The highest BCUT2D eigenvalue weighted by Crippen LogP contribution is 2.33. The molecule has 1 N–H and O–H groups in total. The first kappa shape index (κ1) is 14.2. The van der Waals surface area contributed by atoms with Gasteiger partial charge in [0, 0.05) is 21.8 Å². The van der Waals surface area contributed by atoms with E-state index in [1.165, 1.54) is 0 Å². The number of anilines is 1. The number of fused-ring (bicyclic) bond motifs is 1. The SMILES string of the molecule is CCNc1nc(Sc2cccc(Cl)c2)c2ccccc2n1. The fourth-order valence-corrected chi connectivity index (χ4v) is 3.23. The van der Waals surface area contributed by atoms with E-state index >= 15 is 0 Å². The molecule has 3 nitrogen and oxygen atoms in total. The topological polar surface area (TPSA) is 37.8 Å². The first-order valence-corrected chi connectivity index (χ1v) is 7.90. The Hall–Kier alpha value is -1.78. The van der Waals surface area contributed by atoms with Crippen LogP contribution in [0.1, 0.15) is 6.92 Å². The van der Waals surface area contributed by atoms with Crippen LogP contribution in [-0.2, 0) is 0 Å². The molecule has 21 heavy (non-hydrogen) atoms. The Balaban J connectivity index is 2.07. The Morgan fingerprint density at radius 2 is 1.95 bits per heavy atom. The van der Waals surface area contributed by atoms with Crippen LogP contribution >= 0.6 is 23.4 Å². The zero-order chi connectivity index (χ0) is 14.7. The number of hydrogen-bond donors (Lipinski definition) is 1. The van der Waals surface area contributed by atoms with Crippen LogP contribution in [0.4, 0.5) is 5.95 Å². The van der Waals surface area contributed by atoms with Crippen LogP contribution in [0.3, 0.4) is 0 Å². The Morgan fingerprint density at radius 1 is 1.10 bits per heavy atom. The Labute approximate surface area is 132 Å². The zero-order valence-electron chi connectivity index (χ0n) is 11.5. The molecule has 3 aromatic rings. The number of hydrogen-bond acceptors (Lipinski definition) is 4. The third kappa shape index (κ3) is 3.28. The van der Waals surface area contributed by atoms with Gasteiger partial charge in [0.2, 0.25) is 5.95 Å². The highest BCUT2D eigenvalue weighted by molar-refractivity contribution is 7.99. The van der Waals surface area contributed by atoms with Gasteiger partial charge in [0.1, 0.15) is 5.03 Å². The molecule has 106 valence electrons. The maximum absolute atomic E-state index is 6.05. The van der Waals surface area contributed by atoms with Crippen molar-refractivity contribution in [2.24, 2.45) is 0 Å². The van der Waals surface area contributed by atoms with E-state index < -0.39 is 0 Å². The molecule has 0 fully saturated rings. The summed E-state index contributed by atoms with van der Waals surface area (Å²) < 4.78 is 0. The molecule has 0 aliphatic carbocycles. The van der Waals surface area contributed by atoms with Crippen molar-refractivity contribution in [2.45, 2.75) is 16.8 Å². The summed E-state index contributed by atoms with van der Waals surface area (Å²) in [5.74, 6) is 0.653. The Bertz CT molecular complexity index is 776. The van der Waals surface area contributed by atoms with Crippen LogP contribution in [0.5, 0.6) is 0 Å². The van der Waals surface area contributed by atoms with Gasteiger partial charge in [-0.1, -0.05) is 47.6 Å². The first-order valence-electron chi connectivity index (χ1n) is 6.70. The lowest BCUT2D eigenvalue weighted by atomic mass is 10.2. The van der Waals surface area contributed by atoms with Crippen LogP contribution in [0, 0.1) is 0 Å². The highest BCUT2D eigenvalue weighted by Gasteiger charge is 2.09. The van der Waals surface area contributed by atoms with Crippen molar-refractivity contribution < 1.29 is 0 Å². The number of rotatable bonds is 4. The summed E-state index contributed by atoms with van der Waals surface area (Å²) in [6.45, 7) is 2.82. The van der Waals surface area contributed by atoms with E-state index in [-0.39, 0.29) is 0 Å². The van der Waals surface area contributed by atoms with Crippen LogP contribution in [0.2, 0.25) is 5.02 Å². The maximum Gasteiger partial charge on any atom is 0.224 e. The molecule has 0 aliphatic heterocycles. The van der Waals surface area contributed by atoms with Gasteiger partial charge in [0.25, 0.3) is 0 Å². The fraction of sp³-hybridized carbons (Fsp3) is 0.125. The van der Waals surface area contributed by atoms with Gasteiger partial charge in [0.05, 0.1) is 5.52 Å². The molecule has 5 heteroatoms. The van der Waals surface area contributed by atoms with Crippen molar-refractivity contribution in [2.75, 3.05) is 11.9 Å². The predicted molar refractivity (Wildman–Crippen MR) is 89.3 cm³/mol. The van der Waals surface area contributed by atoms with E-state index in [1.54, 1.807) is 11.8 Å². The van der Waals surface area contributed by atoms with Crippen molar-refractivity contribution in [1.29, 1.82) is 0 Å². The number of halogens is 1. The number of para-hydroxylation sites is 1. The number of nitrogens with one attached hydrogen (secondary N) is 1. The number of aromatic nitrogens is 2. The van der Waals surface area contributed by atoms with Gasteiger partial charge < -0.3 is 5.32 Å². The van der Waals surface area contributed by atoms with Crippen molar-refractivity contribution in [3.8, 4) is 0 Å². The third-order valence-corrected chi connectivity index (χ3v) is 4.14. The van der Waals surface area contributed by atoms with E-state index in [0.717, 1.165) is 32.4 Å². The summed E-state index contributed by atoms with van der Waals surface area (Å²) in [6.07, 6.45) is 0. The molecule has 0 unspecified atom stereocenters. The molecular formula is C16H14ClN3S. The predicted octanol–water partition coefficient (Wildman–Crippen LogP) is 4.87. The quantitative estimate of drug-likeness (QED) is 0.697. The maximum atomic E-state index is 6.05. The van der Waals surface area contributed by atoms with Gasteiger partial charge >= 0.3 is 0 Å². The molecule has 0 saturated carbocycles. The molecule has 2 aromatic carbocycles. The first-order chi connectivity index (χ1) is 10.3. The van der Waals surface area contributed by atoms with Crippen LogP contribution in [-0.4, -0.2) is 16.5 Å². The second kappa shape index (κ2) is 6.33. The van der Waals surface area contributed by atoms with E-state index in [2.05, 4.69) is 15.3 Å². The minimum absolute atomic E-state index is 0.653. The monoisotopic (exact) mass is 315 g/mol. The minimum Gasteiger partial charge on any atom is -0.354 e. The zero-order valence-corrected chi connectivity index (χ0v) is 13.1. The largest absolute Gasteiger partial charge is 0.354 e. The molecule has 3 rings (SSSR count). The normalized spacial score (nSPS) is 10.8. The Morgan fingerprint density at radius 3 is 2.76 bits per heavy atom. The Kier molecular flexibility index (Phi) is 4.27. The third-order valence-electron chi connectivity index (χ3n) is 2.91. The molecule has 0 aliphatic rings. The van der Waals surface area contributed by atoms with Crippen molar-refractivity contribution >= 4 is 40.2 Å². The number of nitrogens with zero attached hydrogens (tertiary/aromatic N) is 2. The van der Waals surface area contributed by atoms with Crippen LogP contribution in [0.25, 0.3) is 10.9 Å². The summed E-state index contributed by atoms with van der Waals surface area (Å²) in [5, 5.41) is 5.88. The molecular weight excluding hydrogens is 302 g/mol. The van der Waals surface area contributed by atoms with E-state index in [9.17, 15) is 0 Å². The molecule has 0 saturated heterocycles. The lowest BCUT2D eigenvalue weighted by Crippen LogP contribution is -2.03. The average molecular weight is 316 g/mol. The molecule has 0 amide bonds. The minimum atomic E-state index is 0.653. The lowest BCUT2D eigenvalue weighted by molar-refractivity contribution is 1.05. The van der Waals surface area contributed by atoms with E-state index in [1.807, 2.05) is 55.5 Å². The van der Waals surface area contributed by atoms with Gasteiger partial charge in [-0.2, -0.15) is 0 Å². The van der Waals surface area contributed by atoms with Crippen LogP contribution < -0.4 is 5.32 Å². The summed E-state index contributed by atoms with van der Waals surface area (Å²) in [7, 11) is 0. The second-order valence-electron chi connectivity index (χ2n) is 4.46. The highest BCUT2D eigenvalue weighted by atomic mass is 35.5. The van der Waals surface area contributed by atoms with Gasteiger partial charge in [-0.25, -0.2) is 9.97 Å². The standard InChI is InChI=1S/C16H14ClN3S/c1-2-18-16-19-14-9-4-3-8-13(14)15(20-16)21-12-7-5-6-11(17)10-12/h3-10H,2H2,1H3,(H,18,19,20). The molecule has 1 aromatic heterocycles. The van der Waals surface area contributed by atoms with Crippen LogP contribution in [0.15, 0.2) is 58.5 Å². The van der Waals surface area contributed by atoms with Gasteiger partial charge in [-0.05, 0) is 31.2 Å². The van der Waals surface area contributed by atoms with Crippen molar-refractivity contribution in [3.63, 3.8) is 0 Å². The fourth-order valence-electron chi connectivity index (χ4n) is 2.00. The molecule has 0 spiro atoms. The summed E-state index contributed by atoms with van der Waals surface area (Å²) in [4.78, 5) is 10.2. The van der Waals surface area contributed by atoms with Crippen molar-refractivity contribution in [3.05, 3.63) is 53.6 Å². The molecule has 0 radical (unpaired) electrons. The van der Waals surface area contributed by atoms with Crippen molar-refractivity contribution in [1.82, 2.24) is 9.97 Å². The average Bonchev–Trinajstić information content (AvgIpc) is 2.48. The smallest absolute Gasteiger partial charge is 0.224 e. The second-order valence-corrected chi connectivity index (χ2v) is 5.96. The summed E-state index contributed by atoms with van der Waals surface area (Å²) in [5.41, 5.74) is 0.938. The van der Waals surface area contributed by atoms with Gasteiger partial charge in [-0.15, -0.1) is 0 Å². The number of benzene rings is 2. The van der Waals surface area contributed by atoms with Gasteiger partial charge in [0.15, 0.2) is 0 Å². The summed E-state index contributed by atoms with van der Waals surface area (Å²) in [6, 6.07) is 15.8. The molecule has 1 heterocycles. The van der Waals surface area contributed by atoms with Gasteiger partial charge in [-0.3, -0.25) is 0 Å². The molecule has 0 bridgehead atoms. The molecule has 0 atom stereocenters. The summed E-state index contributed by atoms with van der Waals surface area (Å²) >= 11 is 7.65. The van der Waals surface area contributed by atoms with E-state index in [0.29, 0.717) is 5.95 Å². The van der Waals surface area contributed by atoms with E-state index in [4.69, 9.17) is 11.6 Å².